The number of rotatable bonds is 10. The molecule has 0 aliphatic carbocycles. The molecule has 0 spiro atoms. The third kappa shape index (κ3) is 6.58. The number of sulfonamides is 1. The van der Waals surface area contributed by atoms with E-state index in [0.717, 1.165) is 16.0 Å². The van der Waals surface area contributed by atoms with Crippen LogP contribution in [0.4, 0.5) is 0 Å². The van der Waals surface area contributed by atoms with Crippen molar-refractivity contribution in [3.05, 3.63) is 86.0 Å². The second kappa shape index (κ2) is 11.5. The van der Waals surface area contributed by atoms with Gasteiger partial charge in [0.05, 0.1) is 18.1 Å². The highest BCUT2D eigenvalue weighted by Crippen LogP contribution is 2.28. The molecule has 5 nitrogen and oxygen atoms in total. The Morgan fingerprint density at radius 2 is 1.76 bits per heavy atom. The molecule has 0 N–H and O–H groups in total. The summed E-state index contributed by atoms with van der Waals surface area (Å²) >= 11 is 13.8. The van der Waals surface area contributed by atoms with Gasteiger partial charge in [-0.1, -0.05) is 60.5 Å². The van der Waals surface area contributed by atoms with Crippen molar-refractivity contribution in [3.63, 3.8) is 0 Å². The molecule has 2 aromatic carbocycles. The average Bonchev–Trinajstić information content (AvgIpc) is 3.19. The van der Waals surface area contributed by atoms with Crippen LogP contribution in [0.3, 0.4) is 0 Å². The summed E-state index contributed by atoms with van der Waals surface area (Å²) in [7, 11) is -4.02. The van der Waals surface area contributed by atoms with Gasteiger partial charge in [-0.05, 0) is 54.1 Å². The number of amides is 1. The number of carbonyl (C=O) groups excluding carboxylic acids is 1. The lowest BCUT2D eigenvalue weighted by atomic mass is 10.2. The summed E-state index contributed by atoms with van der Waals surface area (Å²) < 4.78 is 28.0. The molecule has 1 heterocycles. The Labute approximate surface area is 209 Å². The molecule has 1 amide bonds. The third-order valence-corrected chi connectivity index (χ3v) is 8.74. The quantitative estimate of drug-likeness (QED) is 0.327. The lowest BCUT2D eigenvalue weighted by Gasteiger charge is -2.27. The summed E-state index contributed by atoms with van der Waals surface area (Å²) in [5.74, 6) is -0.276. The van der Waals surface area contributed by atoms with E-state index in [9.17, 15) is 13.2 Å². The van der Waals surface area contributed by atoms with Crippen LogP contribution in [-0.2, 0) is 27.9 Å². The molecule has 0 unspecified atom stereocenters. The number of benzene rings is 2. The van der Waals surface area contributed by atoms with Crippen LogP contribution < -0.4 is 0 Å². The molecule has 0 saturated heterocycles. The van der Waals surface area contributed by atoms with Gasteiger partial charge in [-0.15, -0.1) is 11.3 Å². The van der Waals surface area contributed by atoms with Gasteiger partial charge < -0.3 is 4.90 Å². The third-order valence-electron chi connectivity index (χ3n) is 5.17. The van der Waals surface area contributed by atoms with E-state index in [1.165, 1.54) is 22.5 Å². The van der Waals surface area contributed by atoms with Gasteiger partial charge in [0.25, 0.3) is 0 Å². The summed E-state index contributed by atoms with van der Waals surface area (Å²) in [6.45, 7) is 4.57. The first kappa shape index (κ1) is 25.7. The van der Waals surface area contributed by atoms with Crippen molar-refractivity contribution < 1.29 is 13.2 Å². The minimum Gasteiger partial charge on any atom is -0.332 e. The maximum atomic E-state index is 13.5. The maximum absolute atomic E-state index is 13.5. The summed E-state index contributed by atoms with van der Waals surface area (Å²) in [4.78, 5) is 16.1. The fraction of sp³-hybridized carbons (Fsp3) is 0.292. The standard InChI is InChI=1S/C24H26Cl2N2O3S2/c1-3-12-28(33(30,31)23-14-20(25)9-10-21(23)26)17-24(29)27(15-19-7-5-4-6-8-19)16-22-18(2)11-13-32-22/h4-11,13-14H,3,12,15-17H2,1-2H3. The van der Waals surface area contributed by atoms with Gasteiger partial charge in [-0.2, -0.15) is 4.31 Å². The van der Waals surface area contributed by atoms with Gasteiger partial charge >= 0.3 is 0 Å². The highest BCUT2D eigenvalue weighted by atomic mass is 35.5. The van der Waals surface area contributed by atoms with E-state index in [2.05, 4.69) is 0 Å². The van der Waals surface area contributed by atoms with Crippen LogP contribution >= 0.6 is 34.5 Å². The Morgan fingerprint density at radius 3 is 2.39 bits per heavy atom. The first-order chi connectivity index (χ1) is 15.7. The largest absolute Gasteiger partial charge is 0.332 e. The zero-order valence-corrected chi connectivity index (χ0v) is 21.6. The summed E-state index contributed by atoms with van der Waals surface area (Å²) in [5, 5.41) is 2.33. The van der Waals surface area contributed by atoms with Crippen LogP contribution in [-0.4, -0.2) is 36.6 Å². The number of aryl methyl sites for hydroxylation is 1. The molecule has 33 heavy (non-hydrogen) atoms. The van der Waals surface area contributed by atoms with Crippen molar-refractivity contribution in [1.82, 2.24) is 9.21 Å². The Morgan fingerprint density at radius 1 is 1.03 bits per heavy atom. The van der Waals surface area contributed by atoms with Crippen LogP contribution in [0.2, 0.25) is 10.0 Å². The van der Waals surface area contributed by atoms with E-state index in [1.54, 1.807) is 16.2 Å². The van der Waals surface area contributed by atoms with E-state index in [0.29, 0.717) is 19.5 Å². The number of carbonyl (C=O) groups is 1. The van der Waals surface area contributed by atoms with Crippen molar-refractivity contribution >= 4 is 50.5 Å². The second-order valence-corrected chi connectivity index (χ2v) is 11.4. The number of thiophene rings is 1. The monoisotopic (exact) mass is 524 g/mol. The Hall–Kier alpha value is -1.90. The lowest BCUT2D eigenvalue weighted by molar-refractivity contribution is -0.132. The van der Waals surface area contributed by atoms with E-state index < -0.39 is 10.0 Å². The first-order valence-electron chi connectivity index (χ1n) is 10.5. The van der Waals surface area contributed by atoms with Gasteiger partial charge in [0.15, 0.2) is 0 Å². The van der Waals surface area contributed by atoms with Crippen LogP contribution in [0.1, 0.15) is 29.3 Å². The topological polar surface area (TPSA) is 57.7 Å². The van der Waals surface area contributed by atoms with Crippen LogP contribution in [0.5, 0.6) is 0 Å². The molecule has 0 atom stereocenters. The fourth-order valence-corrected chi connectivity index (χ4v) is 6.51. The number of hydrogen-bond donors (Lipinski definition) is 0. The molecule has 176 valence electrons. The van der Waals surface area contributed by atoms with E-state index in [4.69, 9.17) is 23.2 Å². The summed E-state index contributed by atoms with van der Waals surface area (Å²) in [6.07, 6.45) is 0.549. The van der Waals surface area contributed by atoms with Gasteiger partial charge in [0.2, 0.25) is 15.9 Å². The van der Waals surface area contributed by atoms with Crippen LogP contribution in [0.25, 0.3) is 0 Å². The van der Waals surface area contributed by atoms with Crippen molar-refractivity contribution in [1.29, 1.82) is 0 Å². The highest BCUT2D eigenvalue weighted by molar-refractivity contribution is 7.89. The second-order valence-electron chi connectivity index (χ2n) is 7.68. The Kier molecular flexibility index (Phi) is 8.95. The smallest absolute Gasteiger partial charge is 0.245 e. The SMILES string of the molecule is CCCN(CC(=O)N(Cc1ccccc1)Cc1sccc1C)S(=O)(=O)c1cc(Cl)ccc1Cl. The Bertz CT molecular complexity index is 1200. The van der Waals surface area contributed by atoms with Gasteiger partial charge in [-0.3, -0.25) is 4.79 Å². The lowest BCUT2D eigenvalue weighted by Crippen LogP contribution is -2.42. The minimum atomic E-state index is -4.02. The van der Waals surface area contributed by atoms with Crippen molar-refractivity contribution in [2.45, 2.75) is 38.3 Å². The molecule has 3 aromatic rings. The van der Waals surface area contributed by atoms with Crippen molar-refractivity contribution in [3.8, 4) is 0 Å². The molecule has 3 rings (SSSR count). The average molecular weight is 526 g/mol. The van der Waals surface area contributed by atoms with E-state index in [-0.39, 0.29) is 33.9 Å². The highest BCUT2D eigenvalue weighted by Gasteiger charge is 2.30. The molecule has 0 aliphatic heterocycles. The van der Waals surface area contributed by atoms with Gasteiger partial charge in [-0.25, -0.2) is 8.42 Å². The Balaban J connectivity index is 1.89. The zero-order valence-electron chi connectivity index (χ0n) is 18.5. The van der Waals surface area contributed by atoms with Gasteiger partial charge in [0.1, 0.15) is 4.90 Å². The normalized spacial score (nSPS) is 11.7. The molecule has 0 bridgehead atoms. The number of halogens is 2. The van der Waals surface area contributed by atoms with Crippen LogP contribution in [0, 0.1) is 6.92 Å². The maximum Gasteiger partial charge on any atom is 0.245 e. The molecule has 0 saturated carbocycles. The number of nitrogens with zero attached hydrogens (tertiary/aromatic N) is 2. The number of hydrogen-bond acceptors (Lipinski definition) is 4. The first-order valence-corrected chi connectivity index (χ1v) is 13.6. The van der Waals surface area contributed by atoms with Crippen molar-refractivity contribution in [2.75, 3.05) is 13.1 Å². The molecule has 0 fully saturated rings. The minimum absolute atomic E-state index is 0.0725. The molecule has 0 aliphatic rings. The van der Waals surface area contributed by atoms with Crippen LogP contribution in [0.15, 0.2) is 64.9 Å². The predicted molar refractivity (Wildman–Crippen MR) is 135 cm³/mol. The van der Waals surface area contributed by atoms with E-state index in [1.807, 2.05) is 55.6 Å². The molecule has 0 radical (unpaired) electrons. The predicted octanol–water partition coefficient (Wildman–Crippen LogP) is 5.99. The van der Waals surface area contributed by atoms with E-state index >= 15 is 0 Å². The molecule has 1 aromatic heterocycles. The van der Waals surface area contributed by atoms with Gasteiger partial charge in [0, 0.05) is 23.0 Å². The van der Waals surface area contributed by atoms with Crippen molar-refractivity contribution in [2.24, 2.45) is 0 Å². The fourth-order valence-electron chi connectivity index (χ4n) is 3.37. The molecular weight excluding hydrogens is 499 g/mol. The molecular formula is C24H26Cl2N2O3S2. The zero-order chi connectivity index (χ0) is 24.0. The summed E-state index contributed by atoms with van der Waals surface area (Å²) in [5.41, 5.74) is 2.08. The molecule has 9 heteroatoms. The summed E-state index contributed by atoms with van der Waals surface area (Å²) in [6, 6.07) is 16.0.